The summed E-state index contributed by atoms with van der Waals surface area (Å²) in [4.78, 5) is 12.1. The highest BCUT2D eigenvalue weighted by molar-refractivity contribution is 9.09. The third-order valence-electron chi connectivity index (χ3n) is 3.82. The highest BCUT2D eigenvalue weighted by Crippen LogP contribution is 2.40. The molecule has 1 amide bonds. The highest BCUT2D eigenvalue weighted by atomic mass is 79.9. The van der Waals surface area contributed by atoms with Crippen molar-refractivity contribution in [3.05, 3.63) is 0 Å². The maximum atomic E-state index is 12.1. The minimum atomic E-state index is -0.0184. The van der Waals surface area contributed by atoms with Crippen LogP contribution in [0.3, 0.4) is 0 Å². The van der Waals surface area contributed by atoms with Gasteiger partial charge >= 0.3 is 0 Å². The Balaban J connectivity index is 2.22. The molecular weight excluding hydrogens is 266 g/mol. The number of rotatable bonds is 7. The molecule has 1 fully saturated rings. The van der Waals surface area contributed by atoms with E-state index in [0.717, 1.165) is 37.6 Å². The molecule has 0 aliphatic heterocycles. The number of hydrogen-bond acceptors (Lipinski definition) is 1. The Labute approximate surface area is 108 Å². The van der Waals surface area contributed by atoms with Crippen molar-refractivity contribution in [1.82, 2.24) is 5.32 Å². The first-order chi connectivity index (χ1) is 7.75. The van der Waals surface area contributed by atoms with Gasteiger partial charge in [0.15, 0.2) is 0 Å². The third kappa shape index (κ3) is 3.76. The zero-order valence-corrected chi connectivity index (χ0v) is 11.9. The summed E-state index contributed by atoms with van der Waals surface area (Å²) in [7, 11) is 0. The van der Waals surface area contributed by atoms with Gasteiger partial charge < -0.3 is 5.32 Å². The van der Waals surface area contributed by atoms with Crippen molar-refractivity contribution < 1.29 is 4.79 Å². The van der Waals surface area contributed by atoms with Gasteiger partial charge in [0.05, 0.1) is 0 Å². The van der Waals surface area contributed by atoms with E-state index >= 15 is 0 Å². The molecule has 0 spiro atoms. The highest BCUT2D eigenvalue weighted by Gasteiger charge is 2.38. The average Bonchev–Trinajstić information content (AvgIpc) is 2.78. The second-order valence-electron chi connectivity index (χ2n) is 4.85. The topological polar surface area (TPSA) is 29.1 Å². The molecule has 0 saturated heterocycles. The predicted octanol–water partition coefficient (Wildman–Crippen LogP) is 3.64. The summed E-state index contributed by atoms with van der Waals surface area (Å²) in [6.07, 6.45) is 9.15. The first-order valence-electron chi connectivity index (χ1n) is 6.59. The fourth-order valence-corrected chi connectivity index (χ4v) is 2.98. The van der Waals surface area contributed by atoms with Gasteiger partial charge in [-0.05, 0) is 32.1 Å². The van der Waals surface area contributed by atoms with E-state index in [1.807, 2.05) is 0 Å². The van der Waals surface area contributed by atoms with Crippen molar-refractivity contribution in [1.29, 1.82) is 0 Å². The fraction of sp³-hybridized carbons (Fsp3) is 0.923. The van der Waals surface area contributed by atoms with E-state index in [1.165, 1.54) is 25.7 Å². The van der Waals surface area contributed by atoms with Crippen molar-refractivity contribution >= 4 is 21.8 Å². The number of unbranched alkanes of at least 4 members (excludes halogenated alkanes) is 2. The molecule has 3 heteroatoms. The minimum Gasteiger partial charge on any atom is -0.356 e. The van der Waals surface area contributed by atoms with Crippen LogP contribution in [0, 0.1) is 5.41 Å². The number of nitrogens with one attached hydrogen (secondary N) is 1. The zero-order valence-electron chi connectivity index (χ0n) is 10.4. The summed E-state index contributed by atoms with van der Waals surface area (Å²) < 4.78 is 0. The van der Waals surface area contributed by atoms with Crippen LogP contribution in [0.15, 0.2) is 0 Å². The first-order valence-corrected chi connectivity index (χ1v) is 7.71. The van der Waals surface area contributed by atoms with Crippen molar-refractivity contribution in [3.8, 4) is 0 Å². The van der Waals surface area contributed by atoms with Crippen molar-refractivity contribution in [2.45, 2.75) is 58.3 Å². The monoisotopic (exact) mass is 289 g/mol. The molecule has 0 radical (unpaired) electrons. The van der Waals surface area contributed by atoms with Gasteiger partial charge in [0.25, 0.3) is 0 Å². The third-order valence-corrected chi connectivity index (χ3v) is 4.38. The summed E-state index contributed by atoms with van der Waals surface area (Å²) >= 11 is 3.42. The summed E-state index contributed by atoms with van der Waals surface area (Å²) in [6.45, 7) is 3.00. The molecule has 0 heterocycles. The van der Waals surface area contributed by atoms with E-state index in [-0.39, 0.29) is 5.41 Å². The molecule has 1 N–H and O–H groups in total. The number of amides is 1. The van der Waals surface area contributed by atoms with Crippen LogP contribution in [0.1, 0.15) is 58.3 Å². The second-order valence-corrected chi connectivity index (χ2v) is 5.64. The van der Waals surface area contributed by atoms with Crippen LogP contribution in [0.4, 0.5) is 0 Å². The average molecular weight is 290 g/mol. The largest absolute Gasteiger partial charge is 0.356 e. The maximum absolute atomic E-state index is 12.1. The summed E-state index contributed by atoms with van der Waals surface area (Å²) in [5.41, 5.74) is -0.0184. The van der Waals surface area contributed by atoms with Crippen LogP contribution in [-0.2, 0) is 4.79 Å². The lowest BCUT2D eigenvalue weighted by Gasteiger charge is -2.25. The van der Waals surface area contributed by atoms with E-state index < -0.39 is 0 Å². The Hall–Kier alpha value is -0.0500. The Morgan fingerprint density at radius 3 is 2.50 bits per heavy atom. The van der Waals surface area contributed by atoms with E-state index in [2.05, 4.69) is 28.2 Å². The van der Waals surface area contributed by atoms with Crippen LogP contribution in [0.5, 0.6) is 0 Å². The lowest BCUT2D eigenvalue weighted by molar-refractivity contribution is -0.131. The molecule has 0 aromatic carbocycles. The number of hydrogen-bond donors (Lipinski definition) is 1. The normalized spacial score (nSPS) is 18.6. The van der Waals surface area contributed by atoms with Crippen molar-refractivity contribution in [2.75, 3.05) is 11.9 Å². The lowest BCUT2D eigenvalue weighted by atomic mass is 9.82. The van der Waals surface area contributed by atoms with Gasteiger partial charge in [-0.2, -0.15) is 0 Å². The van der Waals surface area contributed by atoms with Crippen LogP contribution in [-0.4, -0.2) is 17.8 Å². The molecule has 16 heavy (non-hydrogen) atoms. The Kier molecular flexibility index (Phi) is 6.40. The maximum Gasteiger partial charge on any atom is 0.226 e. The molecule has 0 atom stereocenters. The minimum absolute atomic E-state index is 0.0184. The van der Waals surface area contributed by atoms with Gasteiger partial charge in [-0.1, -0.05) is 42.1 Å². The van der Waals surface area contributed by atoms with E-state index in [9.17, 15) is 4.79 Å². The van der Waals surface area contributed by atoms with E-state index in [1.54, 1.807) is 0 Å². The van der Waals surface area contributed by atoms with Crippen LogP contribution < -0.4 is 5.32 Å². The van der Waals surface area contributed by atoms with Gasteiger partial charge in [-0.15, -0.1) is 0 Å². The Bertz CT molecular complexity index is 212. The number of alkyl halides is 1. The SMILES string of the molecule is CCC1(C(=O)NCCCCCBr)CCCC1. The molecule has 1 rings (SSSR count). The van der Waals surface area contributed by atoms with Gasteiger partial charge in [0.1, 0.15) is 0 Å². The van der Waals surface area contributed by atoms with E-state index in [4.69, 9.17) is 0 Å². The number of carbonyl (C=O) groups excluding carboxylic acids is 1. The molecule has 1 aliphatic carbocycles. The summed E-state index contributed by atoms with van der Waals surface area (Å²) in [5.74, 6) is 0.311. The molecule has 0 aromatic heterocycles. The van der Waals surface area contributed by atoms with Gasteiger partial charge in [0.2, 0.25) is 5.91 Å². The Morgan fingerprint density at radius 2 is 1.94 bits per heavy atom. The lowest BCUT2D eigenvalue weighted by Crippen LogP contribution is -2.39. The van der Waals surface area contributed by atoms with Crippen LogP contribution in [0.2, 0.25) is 0 Å². The molecule has 0 unspecified atom stereocenters. The van der Waals surface area contributed by atoms with Gasteiger partial charge in [-0.25, -0.2) is 0 Å². The fourth-order valence-electron chi connectivity index (χ4n) is 2.58. The molecule has 0 bridgehead atoms. The number of carbonyl (C=O) groups is 1. The molecule has 2 nitrogen and oxygen atoms in total. The summed E-state index contributed by atoms with van der Waals surface area (Å²) in [6, 6.07) is 0. The van der Waals surface area contributed by atoms with Crippen LogP contribution >= 0.6 is 15.9 Å². The second kappa shape index (κ2) is 7.31. The zero-order chi connectivity index (χ0) is 11.9. The predicted molar refractivity (Wildman–Crippen MR) is 71.8 cm³/mol. The standard InChI is InChI=1S/C13H24BrNO/c1-2-13(8-4-5-9-13)12(16)15-11-7-3-6-10-14/h2-11H2,1H3,(H,15,16). The van der Waals surface area contributed by atoms with Crippen molar-refractivity contribution in [3.63, 3.8) is 0 Å². The summed E-state index contributed by atoms with van der Waals surface area (Å²) in [5, 5.41) is 4.19. The smallest absolute Gasteiger partial charge is 0.226 e. The van der Waals surface area contributed by atoms with Gasteiger partial charge in [0, 0.05) is 17.3 Å². The van der Waals surface area contributed by atoms with Crippen molar-refractivity contribution in [2.24, 2.45) is 5.41 Å². The van der Waals surface area contributed by atoms with Gasteiger partial charge in [-0.3, -0.25) is 4.79 Å². The first kappa shape index (κ1) is 14.0. The number of halogens is 1. The Morgan fingerprint density at radius 1 is 1.25 bits per heavy atom. The molecule has 94 valence electrons. The molecule has 1 saturated carbocycles. The quantitative estimate of drug-likeness (QED) is 0.563. The molecule has 1 aliphatic rings. The molecule has 0 aromatic rings. The van der Waals surface area contributed by atoms with E-state index in [0.29, 0.717) is 5.91 Å². The van der Waals surface area contributed by atoms with Crippen LogP contribution in [0.25, 0.3) is 0 Å². The molecular formula is C13H24BrNO.